The van der Waals surface area contributed by atoms with Crippen molar-refractivity contribution in [1.82, 2.24) is 4.90 Å². The summed E-state index contributed by atoms with van der Waals surface area (Å²) in [6.45, 7) is 24.8. The van der Waals surface area contributed by atoms with Crippen LogP contribution < -0.4 is 0 Å². The SMILES string of the molecule is CO/N=C1\C[C@@H](C)O[C@@H](O[C@@H]2[C@@H](C)[C@H](O[C@H]3CC(C)N(CCc4ccccc4)C[C@H](C)O3)[C@@H](C)C(=O)O[C@H]([C@@H](C)CO[C@@H]3O[C@H](C)[C@@H](O)[C@@H](OC)[C@H]3OC)[C@H](C)[C@@H](OC(=O)CC(C)C)[C@@H](C)C(=O)[C@@](C)(O)C[C@@H]2C)[C@@H]1O. The Balaban J connectivity index is 1.60. The summed E-state index contributed by atoms with van der Waals surface area (Å²) in [6, 6.07) is 10.3. The molecule has 19 nitrogen and oxygen atoms in total. The van der Waals surface area contributed by atoms with Crippen molar-refractivity contribution in [3.8, 4) is 0 Å². The van der Waals surface area contributed by atoms with Crippen LogP contribution in [-0.2, 0) is 73.0 Å². The predicted molar refractivity (Wildman–Crippen MR) is 282 cm³/mol. The van der Waals surface area contributed by atoms with E-state index in [9.17, 15) is 24.9 Å². The lowest BCUT2D eigenvalue weighted by Crippen LogP contribution is -2.59. The highest BCUT2D eigenvalue weighted by atomic mass is 16.7. The molecule has 0 saturated carbocycles. The van der Waals surface area contributed by atoms with E-state index in [0.717, 1.165) is 13.0 Å². The first-order valence-electron chi connectivity index (χ1n) is 27.7. The normalized spacial score (nSPS) is 40.7. The number of ketones is 1. The van der Waals surface area contributed by atoms with Crippen LogP contribution in [0.4, 0.5) is 0 Å². The third-order valence-electron chi connectivity index (χ3n) is 16.0. The molecule has 4 saturated heterocycles. The van der Waals surface area contributed by atoms with E-state index in [1.165, 1.54) is 33.8 Å². The summed E-state index contributed by atoms with van der Waals surface area (Å²) in [5.41, 5.74) is -0.486. The minimum Gasteiger partial charge on any atom is -0.461 e. The Morgan fingerprint density at radius 1 is 0.816 bits per heavy atom. The number of carbonyl (C=O) groups is 3. The largest absolute Gasteiger partial charge is 0.461 e. The fourth-order valence-electron chi connectivity index (χ4n) is 11.8. The van der Waals surface area contributed by atoms with Crippen LogP contribution in [0.1, 0.15) is 121 Å². The molecule has 22 atom stereocenters. The van der Waals surface area contributed by atoms with Crippen molar-refractivity contribution in [2.45, 2.75) is 220 Å². The van der Waals surface area contributed by atoms with Crippen molar-refractivity contribution in [3.63, 3.8) is 0 Å². The zero-order valence-corrected chi connectivity index (χ0v) is 48.2. The van der Waals surface area contributed by atoms with Gasteiger partial charge in [-0.2, -0.15) is 0 Å². The zero-order chi connectivity index (χ0) is 56.3. The van der Waals surface area contributed by atoms with E-state index in [-0.39, 0.29) is 43.9 Å². The van der Waals surface area contributed by atoms with Crippen LogP contribution in [0.25, 0.3) is 0 Å². The molecule has 1 unspecified atom stereocenters. The number of benzene rings is 1. The molecule has 0 amide bonds. The fraction of sp³-hybridized carbons (Fsp3) is 0.825. The van der Waals surface area contributed by atoms with Crippen molar-refractivity contribution < 1.29 is 81.9 Å². The van der Waals surface area contributed by atoms with Gasteiger partial charge in [0.25, 0.3) is 0 Å². The van der Waals surface area contributed by atoms with Gasteiger partial charge in [-0.05, 0) is 71.8 Å². The van der Waals surface area contributed by atoms with Crippen LogP contribution in [0.5, 0.6) is 0 Å². The number of ether oxygens (including phenoxy) is 10. The first kappa shape index (κ1) is 63.6. The van der Waals surface area contributed by atoms with Crippen LogP contribution in [0.2, 0.25) is 0 Å². The number of nitrogens with zero attached hydrogens (tertiary/aromatic N) is 2. The van der Waals surface area contributed by atoms with Gasteiger partial charge in [-0.15, -0.1) is 0 Å². The van der Waals surface area contributed by atoms with Gasteiger partial charge in [-0.1, -0.05) is 84.0 Å². The quantitative estimate of drug-likeness (QED) is 0.122. The standard InChI is InChI=1S/C57H94N2O17/c1-30(2)24-43(60)73-49-37(9)48(32(4)29-69-56-52(67-15)51(66-14)45(61)40(12)72-56)75-54(64)39(11)50(74-44-25-33(5)59(28-35(7)70-44)23-22-41-20-18-17-19-21-41)36(8)47(31(3)27-57(13,65)53(63)38(49)10)76-55-46(62)42(58-68-16)26-34(6)71-55/h17-21,30-40,44-52,55-56,61-62,65H,22-29H2,1-16H3/b58-42+/t31-,32-,33?,34+,35-,36+,37-,38+,39+,40+,44-,45+,46+,47-,48+,49+,50-,51+,52+,55-,56+,57-/m0/s1. The molecule has 0 aromatic heterocycles. The molecule has 4 heterocycles. The molecule has 5 rings (SSSR count). The van der Waals surface area contributed by atoms with Gasteiger partial charge in [0.05, 0.1) is 54.7 Å². The Kier molecular flexibility index (Phi) is 24.1. The molecule has 19 heteroatoms. The Morgan fingerprint density at radius 3 is 2.12 bits per heavy atom. The van der Waals surface area contributed by atoms with Gasteiger partial charge in [-0.3, -0.25) is 19.3 Å². The van der Waals surface area contributed by atoms with E-state index < -0.39 is 139 Å². The summed E-state index contributed by atoms with van der Waals surface area (Å²) < 4.78 is 63.8. The third-order valence-corrected chi connectivity index (χ3v) is 16.0. The summed E-state index contributed by atoms with van der Waals surface area (Å²) >= 11 is 0. The maximum atomic E-state index is 15.4. The Hall–Kier alpha value is -3.18. The molecule has 0 bridgehead atoms. The average molecular weight is 1080 g/mol. The molecule has 4 aliphatic heterocycles. The molecule has 0 spiro atoms. The maximum absolute atomic E-state index is 15.4. The van der Waals surface area contributed by atoms with Crippen LogP contribution >= 0.6 is 0 Å². The lowest BCUT2D eigenvalue weighted by atomic mass is 9.74. The van der Waals surface area contributed by atoms with Crippen LogP contribution in [-0.4, -0.2) is 182 Å². The minimum atomic E-state index is -2.03. The average Bonchev–Trinajstić information content (AvgIpc) is 3.50. The molecular formula is C57H94N2O17. The molecule has 4 fully saturated rings. The van der Waals surface area contributed by atoms with Crippen LogP contribution in [0.3, 0.4) is 0 Å². The van der Waals surface area contributed by atoms with Gasteiger partial charge >= 0.3 is 11.9 Å². The third kappa shape index (κ3) is 16.5. The molecule has 76 heavy (non-hydrogen) atoms. The Labute approximate surface area is 452 Å². The lowest BCUT2D eigenvalue weighted by molar-refractivity contribution is -0.305. The monoisotopic (exact) mass is 1080 g/mol. The van der Waals surface area contributed by atoms with Gasteiger partial charge in [0.15, 0.2) is 24.7 Å². The number of cyclic esters (lactones) is 1. The predicted octanol–water partition coefficient (Wildman–Crippen LogP) is 5.89. The second-order valence-electron chi connectivity index (χ2n) is 23.1. The first-order valence-corrected chi connectivity index (χ1v) is 27.7. The van der Waals surface area contributed by atoms with Crippen LogP contribution in [0.15, 0.2) is 35.5 Å². The number of Topliss-reactive ketones (excluding diaryl/α,β-unsaturated/α-hetero) is 1. The van der Waals surface area contributed by atoms with Gasteiger partial charge < -0.3 is 67.5 Å². The van der Waals surface area contributed by atoms with Crippen molar-refractivity contribution in [3.05, 3.63) is 35.9 Å². The molecule has 4 aliphatic rings. The second kappa shape index (κ2) is 28.8. The number of carbonyl (C=O) groups excluding carboxylic acids is 3. The summed E-state index contributed by atoms with van der Waals surface area (Å²) in [5.74, 6) is -6.94. The van der Waals surface area contributed by atoms with Gasteiger partial charge in [-0.25, -0.2) is 0 Å². The minimum absolute atomic E-state index is 0.00672. The van der Waals surface area contributed by atoms with Crippen LogP contribution in [0, 0.1) is 41.4 Å². The second-order valence-corrected chi connectivity index (χ2v) is 23.1. The molecule has 0 aliphatic carbocycles. The number of esters is 2. The summed E-state index contributed by atoms with van der Waals surface area (Å²) in [5, 5.41) is 39.2. The number of hydrogen-bond acceptors (Lipinski definition) is 19. The molecule has 434 valence electrons. The molecule has 1 aromatic carbocycles. The summed E-state index contributed by atoms with van der Waals surface area (Å²) in [4.78, 5) is 51.6. The van der Waals surface area contributed by atoms with E-state index in [2.05, 4.69) is 29.1 Å². The zero-order valence-electron chi connectivity index (χ0n) is 48.2. The van der Waals surface area contributed by atoms with E-state index in [0.29, 0.717) is 18.7 Å². The molecular weight excluding hydrogens is 985 g/mol. The van der Waals surface area contributed by atoms with Gasteiger partial charge in [0.1, 0.15) is 49.3 Å². The molecule has 0 radical (unpaired) electrons. The number of rotatable bonds is 17. The number of aliphatic hydroxyl groups is 3. The number of oxime groups is 1. The highest BCUT2D eigenvalue weighted by molar-refractivity contribution is 5.90. The lowest BCUT2D eigenvalue weighted by Gasteiger charge is -2.44. The van der Waals surface area contributed by atoms with E-state index in [4.69, 9.17) is 52.2 Å². The summed E-state index contributed by atoms with van der Waals surface area (Å²) in [6.07, 6.45) is -11.2. The van der Waals surface area contributed by atoms with Crippen molar-refractivity contribution in [2.24, 2.45) is 46.6 Å². The topological polar surface area (TPSA) is 229 Å². The number of hydrogen-bond donors (Lipinski definition) is 3. The fourth-order valence-corrected chi connectivity index (χ4v) is 11.8. The first-order chi connectivity index (χ1) is 35.8. The van der Waals surface area contributed by atoms with Gasteiger partial charge in [0, 0.05) is 70.4 Å². The summed E-state index contributed by atoms with van der Waals surface area (Å²) in [7, 11) is 4.32. The Morgan fingerprint density at radius 2 is 1.49 bits per heavy atom. The number of aliphatic hydroxyl groups excluding tert-OH is 2. The van der Waals surface area contributed by atoms with Crippen molar-refractivity contribution >= 4 is 23.4 Å². The van der Waals surface area contributed by atoms with Crippen molar-refractivity contribution in [2.75, 3.05) is 41.0 Å². The van der Waals surface area contributed by atoms with E-state index >= 15 is 4.79 Å². The number of methoxy groups -OCH3 is 2. The Bertz CT molecular complexity index is 1990. The molecule has 1 aromatic rings. The van der Waals surface area contributed by atoms with Crippen molar-refractivity contribution in [1.29, 1.82) is 0 Å². The highest BCUT2D eigenvalue weighted by Crippen LogP contribution is 2.39. The smallest absolute Gasteiger partial charge is 0.311 e. The maximum Gasteiger partial charge on any atom is 0.311 e. The van der Waals surface area contributed by atoms with E-state index in [1.807, 2.05) is 66.7 Å². The van der Waals surface area contributed by atoms with Gasteiger partial charge in [0.2, 0.25) is 0 Å². The highest BCUT2D eigenvalue weighted by Gasteiger charge is 2.51. The van der Waals surface area contributed by atoms with E-state index in [1.54, 1.807) is 27.7 Å². The molecule has 3 N–H and O–H groups in total.